The lowest BCUT2D eigenvalue weighted by Gasteiger charge is -2.26. The van der Waals surface area contributed by atoms with Gasteiger partial charge in [0.1, 0.15) is 5.82 Å². The van der Waals surface area contributed by atoms with Gasteiger partial charge >= 0.3 is 0 Å². The zero-order valence-electron chi connectivity index (χ0n) is 8.81. The molecule has 1 aliphatic carbocycles. The molecule has 82 valence electrons. The van der Waals surface area contributed by atoms with Gasteiger partial charge in [-0.05, 0) is 36.3 Å². The second-order valence-corrected chi connectivity index (χ2v) is 4.88. The van der Waals surface area contributed by atoms with E-state index in [9.17, 15) is 4.39 Å². The first kappa shape index (κ1) is 10.9. The van der Waals surface area contributed by atoms with E-state index < -0.39 is 0 Å². The van der Waals surface area contributed by atoms with Crippen LogP contribution in [0.2, 0.25) is 0 Å². The van der Waals surface area contributed by atoms with Gasteiger partial charge in [0.15, 0.2) is 0 Å². The molecule has 1 aromatic rings. The largest absolute Gasteiger partial charge is 0.207 e. The standard InChI is InChI=1S/C13H16ClF/c14-10-13(7-3-4-8-13)9-11-5-1-2-6-12(11)15/h1-2,5-6H,3-4,7-10H2. The molecule has 0 unspecified atom stereocenters. The Kier molecular flexibility index (Phi) is 3.30. The van der Waals surface area contributed by atoms with Crippen LogP contribution in [-0.2, 0) is 6.42 Å². The van der Waals surface area contributed by atoms with Crippen molar-refractivity contribution in [3.05, 3.63) is 35.6 Å². The highest BCUT2D eigenvalue weighted by Crippen LogP contribution is 2.42. The normalized spacial score (nSPS) is 19.3. The Morgan fingerprint density at radius 2 is 1.87 bits per heavy atom. The maximum Gasteiger partial charge on any atom is 0.126 e. The van der Waals surface area contributed by atoms with E-state index in [-0.39, 0.29) is 11.2 Å². The van der Waals surface area contributed by atoms with Crippen LogP contribution < -0.4 is 0 Å². The molecule has 0 heterocycles. The minimum atomic E-state index is -0.0890. The Morgan fingerprint density at radius 3 is 2.47 bits per heavy atom. The van der Waals surface area contributed by atoms with Gasteiger partial charge in [0, 0.05) is 5.88 Å². The fourth-order valence-corrected chi connectivity index (χ4v) is 2.89. The average Bonchev–Trinajstić information content (AvgIpc) is 2.71. The lowest BCUT2D eigenvalue weighted by atomic mass is 9.82. The molecule has 1 fully saturated rings. The van der Waals surface area contributed by atoms with Crippen LogP contribution >= 0.6 is 11.6 Å². The Morgan fingerprint density at radius 1 is 1.20 bits per heavy atom. The lowest BCUT2D eigenvalue weighted by Crippen LogP contribution is -2.22. The van der Waals surface area contributed by atoms with Crippen molar-refractivity contribution in [3.8, 4) is 0 Å². The highest BCUT2D eigenvalue weighted by molar-refractivity contribution is 6.18. The second kappa shape index (κ2) is 4.52. The van der Waals surface area contributed by atoms with Crippen molar-refractivity contribution in [1.82, 2.24) is 0 Å². The van der Waals surface area contributed by atoms with Crippen molar-refractivity contribution >= 4 is 11.6 Å². The third-order valence-corrected chi connectivity index (χ3v) is 4.04. The van der Waals surface area contributed by atoms with Crippen LogP contribution in [0.3, 0.4) is 0 Å². The van der Waals surface area contributed by atoms with Crippen molar-refractivity contribution < 1.29 is 4.39 Å². The molecule has 15 heavy (non-hydrogen) atoms. The molecule has 2 rings (SSSR count). The van der Waals surface area contributed by atoms with E-state index >= 15 is 0 Å². The summed E-state index contributed by atoms with van der Waals surface area (Å²) in [6, 6.07) is 7.05. The van der Waals surface area contributed by atoms with E-state index in [2.05, 4.69) is 0 Å². The Hall–Kier alpha value is -0.560. The van der Waals surface area contributed by atoms with Gasteiger partial charge in [-0.25, -0.2) is 4.39 Å². The van der Waals surface area contributed by atoms with Crippen LogP contribution in [0, 0.1) is 11.2 Å². The van der Waals surface area contributed by atoms with Gasteiger partial charge in [0.05, 0.1) is 0 Å². The predicted octanol–water partition coefficient (Wildman–Crippen LogP) is 4.17. The van der Waals surface area contributed by atoms with Crippen molar-refractivity contribution in [2.24, 2.45) is 5.41 Å². The zero-order chi connectivity index (χ0) is 10.7. The third kappa shape index (κ3) is 2.34. The molecule has 0 nitrogen and oxygen atoms in total. The number of benzene rings is 1. The monoisotopic (exact) mass is 226 g/mol. The molecule has 0 spiro atoms. The number of rotatable bonds is 3. The molecule has 0 bridgehead atoms. The summed E-state index contributed by atoms with van der Waals surface area (Å²) >= 11 is 6.04. The summed E-state index contributed by atoms with van der Waals surface area (Å²) in [5.41, 5.74) is 0.976. The number of halogens is 2. The van der Waals surface area contributed by atoms with Crippen LogP contribution in [0.15, 0.2) is 24.3 Å². The molecule has 1 aliphatic rings. The molecule has 0 atom stereocenters. The number of hydrogen-bond acceptors (Lipinski definition) is 0. The molecule has 0 amide bonds. The highest BCUT2D eigenvalue weighted by atomic mass is 35.5. The molecule has 1 aromatic carbocycles. The minimum Gasteiger partial charge on any atom is -0.207 e. The molecule has 0 aromatic heterocycles. The summed E-state index contributed by atoms with van der Waals surface area (Å²) < 4.78 is 13.5. The highest BCUT2D eigenvalue weighted by Gasteiger charge is 2.33. The van der Waals surface area contributed by atoms with Crippen molar-refractivity contribution in [2.45, 2.75) is 32.1 Å². The van der Waals surface area contributed by atoms with Crippen molar-refractivity contribution in [3.63, 3.8) is 0 Å². The first-order valence-corrected chi connectivity index (χ1v) is 6.09. The maximum absolute atomic E-state index is 13.5. The van der Waals surface area contributed by atoms with Gasteiger partial charge in [-0.2, -0.15) is 0 Å². The fourth-order valence-electron chi connectivity index (χ4n) is 2.53. The van der Waals surface area contributed by atoms with Gasteiger partial charge in [0.25, 0.3) is 0 Å². The summed E-state index contributed by atoms with van der Waals surface area (Å²) in [6.45, 7) is 0. The average molecular weight is 227 g/mol. The van der Waals surface area contributed by atoms with Gasteiger partial charge in [0.2, 0.25) is 0 Å². The molecule has 0 aliphatic heterocycles. The van der Waals surface area contributed by atoms with Gasteiger partial charge in [-0.1, -0.05) is 31.0 Å². The van der Waals surface area contributed by atoms with Crippen LogP contribution in [0.25, 0.3) is 0 Å². The quantitative estimate of drug-likeness (QED) is 0.679. The van der Waals surface area contributed by atoms with E-state index in [1.54, 1.807) is 6.07 Å². The van der Waals surface area contributed by atoms with Crippen LogP contribution in [-0.4, -0.2) is 5.88 Å². The van der Waals surface area contributed by atoms with E-state index in [0.717, 1.165) is 24.8 Å². The molecule has 1 saturated carbocycles. The molecule has 0 saturated heterocycles. The van der Waals surface area contributed by atoms with E-state index in [4.69, 9.17) is 11.6 Å². The second-order valence-electron chi connectivity index (χ2n) is 4.61. The Balaban J connectivity index is 2.16. The first-order chi connectivity index (χ1) is 7.26. The van der Waals surface area contributed by atoms with Crippen LogP contribution in [0.1, 0.15) is 31.2 Å². The van der Waals surface area contributed by atoms with E-state index in [0.29, 0.717) is 5.88 Å². The fraction of sp³-hybridized carbons (Fsp3) is 0.538. The number of alkyl halides is 1. The van der Waals surface area contributed by atoms with Gasteiger partial charge < -0.3 is 0 Å². The number of hydrogen-bond donors (Lipinski definition) is 0. The van der Waals surface area contributed by atoms with Crippen molar-refractivity contribution in [1.29, 1.82) is 0 Å². The predicted molar refractivity (Wildman–Crippen MR) is 61.7 cm³/mol. The Bertz CT molecular complexity index is 329. The zero-order valence-corrected chi connectivity index (χ0v) is 9.56. The third-order valence-electron chi connectivity index (χ3n) is 3.47. The Labute approximate surface area is 95.4 Å². The molecular formula is C13H16ClF. The maximum atomic E-state index is 13.5. The lowest BCUT2D eigenvalue weighted by molar-refractivity contribution is 0.335. The van der Waals surface area contributed by atoms with Crippen molar-refractivity contribution in [2.75, 3.05) is 5.88 Å². The molecule has 0 N–H and O–H groups in total. The van der Waals surface area contributed by atoms with Gasteiger partial charge in [-0.15, -0.1) is 11.6 Å². The smallest absolute Gasteiger partial charge is 0.126 e. The summed E-state index contributed by atoms with van der Waals surface area (Å²) in [5.74, 6) is 0.565. The molecule has 2 heteroatoms. The molecular weight excluding hydrogens is 211 g/mol. The summed E-state index contributed by atoms with van der Waals surface area (Å²) in [7, 11) is 0. The van der Waals surface area contributed by atoms with Crippen LogP contribution in [0.5, 0.6) is 0 Å². The van der Waals surface area contributed by atoms with Gasteiger partial charge in [-0.3, -0.25) is 0 Å². The van der Waals surface area contributed by atoms with Crippen LogP contribution in [0.4, 0.5) is 4.39 Å². The van der Waals surface area contributed by atoms with E-state index in [1.165, 1.54) is 18.9 Å². The summed E-state index contributed by atoms with van der Waals surface area (Å²) in [4.78, 5) is 0. The summed E-state index contributed by atoms with van der Waals surface area (Å²) in [5, 5.41) is 0. The topological polar surface area (TPSA) is 0 Å². The SMILES string of the molecule is Fc1ccccc1CC1(CCl)CCCC1. The minimum absolute atomic E-state index is 0.0890. The first-order valence-electron chi connectivity index (χ1n) is 5.55. The van der Waals surface area contributed by atoms with E-state index in [1.807, 2.05) is 12.1 Å². The summed E-state index contributed by atoms with van der Waals surface area (Å²) in [6.07, 6.45) is 5.56. The molecule has 0 radical (unpaired) electrons.